The van der Waals surface area contributed by atoms with E-state index in [0.717, 1.165) is 62.4 Å². The maximum absolute atomic E-state index is 12.9. The molecule has 0 aromatic heterocycles. The van der Waals surface area contributed by atoms with Gasteiger partial charge in [-0.05, 0) is 58.9 Å². The number of halogens is 3. The van der Waals surface area contributed by atoms with E-state index in [9.17, 15) is 4.79 Å². The van der Waals surface area contributed by atoms with E-state index >= 15 is 0 Å². The van der Waals surface area contributed by atoms with Crippen molar-refractivity contribution in [1.82, 2.24) is 0 Å². The van der Waals surface area contributed by atoms with Crippen molar-refractivity contribution in [3.63, 3.8) is 0 Å². The van der Waals surface area contributed by atoms with Crippen molar-refractivity contribution in [2.75, 3.05) is 36.0 Å². The van der Waals surface area contributed by atoms with Crippen LogP contribution < -0.4 is 15.5 Å². The van der Waals surface area contributed by atoms with Crippen LogP contribution in [0.4, 0.5) is 11.4 Å². The maximum atomic E-state index is 12.9. The number of rotatable bonds is 6. The van der Waals surface area contributed by atoms with E-state index in [1.54, 1.807) is 0 Å². The number of nitrogens with two attached hydrogens (primary N) is 1. The molecule has 2 N–H and O–H groups in total. The standard InChI is InChI=1S/C29H31Cl2N3O.ClH/c1-3-4-8-19-17-22-21-10-6-5-9-20(21)18(2)25(22)28(26(19)29(32)35)34-15-13-33(14-16-34)24-12-7-11-23(30)27(24)31;/h5-7,9-12,17-18H,3-4,8,13-16H2,1-2H3,(H2,32,35);1H. The number of piperazine rings is 1. The first-order chi connectivity index (χ1) is 16.9. The third-order valence-corrected chi connectivity index (χ3v) is 8.30. The van der Waals surface area contributed by atoms with Gasteiger partial charge in [0.2, 0.25) is 0 Å². The van der Waals surface area contributed by atoms with Crippen molar-refractivity contribution in [1.29, 1.82) is 0 Å². The van der Waals surface area contributed by atoms with Crippen molar-refractivity contribution < 1.29 is 4.79 Å². The quantitative estimate of drug-likeness (QED) is 0.354. The normalized spacial score (nSPS) is 16.4. The number of unbranched alkanes of at least 4 members (excludes halogenated alkanes) is 1. The fourth-order valence-corrected chi connectivity index (χ4v) is 6.17. The number of primary amides is 1. The average molecular weight is 545 g/mol. The third-order valence-electron chi connectivity index (χ3n) is 7.49. The average Bonchev–Trinajstić information content (AvgIpc) is 3.15. The molecule has 2 aliphatic rings. The SMILES string of the molecule is CCCCc1cc2c(c(N3CCN(c4cccc(Cl)c4Cl)CC3)c1C(N)=O)C(C)c1ccccc1-2.Cl. The van der Waals surface area contributed by atoms with Crippen LogP contribution >= 0.6 is 35.6 Å². The second-order valence-electron chi connectivity index (χ2n) is 9.54. The smallest absolute Gasteiger partial charge is 0.251 e. The van der Waals surface area contributed by atoms with Crippen LogP contribution in [-0.4, -0.2) is 32.1 Å². The summed E-state index contributed by atoms with van der Waals surface area (Å²) in [6, 6.07) is 16.6. The van der Waals surface area contributed by atoms with Crippen LogP contribution in [0.3, 0.4) is 0 Å². The molecule has 4 nitrogen and oxygen atoms in total. The van der Waals surface area contributed by atoms with Gasteiger partial charge in [0, 0.05) is 32.1 Å². The van der Waals surface area contributed by atoms with E-state index in [4.69, 9.17) is 28.9 Å². The van der Waals surface area contributed by atoms with Crippen LogP contribution in [0.5, 0.6) is 0 Å². The molecule has 1 aliphatic carbocycles. The molecular formula is C29H32Cl3N3O. The minimum atomic E-state index is -0.336. The van der Waals surface area contributed by atoms with Crippen LogP contribution in [0.1, 0.15) is 59.7 Å². The number of benzene rings is 3. The summed E-state index contributed by atoms with van der Waals surface area (Å²) in [5.41, 5.74) is 14.9. The summed E-state index contributed by atoms with van der Waals surface area (Å²) in [5, 5.41) is 1.16. The molecule has 0 saturated carbocycles. The Labute approximate surface area is 229 Å². The first-order valence-electron chi connectivity index (χ1n) is 12.4. The Hall–Kier alpha value is -2.40. The highest BCUT2D eigenvalue weighted by Crippen LogP contribution is 2.51. The molecule has 190 valence electrons. The van der Waals surface area contributed by atoms with Gasteiger partial charge in [0.15, 0.2) is 0 Å². The first kappa shape index (κ1) is 26.7. The van der Waals surface area contributed by atoms with E-state index in [-0.39, 0.29) is 24.2 Å². The Morgan fingerprint density at radius 1 is 1.00 bits per heavy atom. The number of carbonyl (C=O) groups is 1. The number of fused-ring (bicyclic) bond motifs is 3. The van der Waals surface area contributed by atoms with Gasteiger partial charge >= 0.3 is 0 Å². The summed E-state index contributed by atoms with van der Waals surface area (Å²) in [7, 11) is 0. The molecule has 0 bridgehead atoms. The number of carbonyl (C=O) groups excluding carboxylic acids is 1. The van der Waals surface area contributed by atoms with Crippen molar-refractivity contribution in [2.45, 2.75) is 39.0 Å². The van der Waals surface area contributed by atoms with Gasteiger partial charge < -0.3 is 15.5 Å². The molecule has 1 unspecified atom stereocenters. The van der Waals surface area contributed by atoms with Gasteiger partial charge in [0.25, 0.3) is 5.91 Å². The second-order valence-corrected chi connectivity index (χ2v) is 10.3. The van der Waals surface area contributed by atoms with E-state index in [0.29, 0.717) is 15.6 Å². The highest BCUT2D eigenvalue weighted by molar-refractivity contribution is 6.43. The van der Waals surface area contributed by atoms with Gasteiger partial charge in [-0.1, -0.05) is 73.8 Å². The Balaban J connectivity index is 0.00000304. The summed E-state index contributed by atoms with van der Waals surface area (Å²) < 4.78 is 0. The molecule has 3 aromatic carbocycles. The van der Waals surface area contributed by atoms with E-state index in [1.807, 2.05) is 18.2 Å². The highest BCUT2D eigenvalue weighted by atomic mass is 35.5. The summed E-state index contributed by atoms with van der Waals surface area (Å²) >= 11 is 12.8. The fraction of sp³-hybridized carbons (Fsp3) is 0.345. The molecule has 1 fully saturated rings. The predicted octanol–water partition coefficient (Wildman–Crippen LogP) is 7.32. The lowest BCUT2D eigenvalue weighted by Gasteiger charge is -2.40. The lowest BCUT2D eigenvalue weighted by molar-refractivity contribution is 0.0999. The van der Waals surface area contributed by atoms with Gasteiger partial charge in [-0.3, -0.25) is 4.79 Å². The minimum absolute atomic E-state index is 0. The topological polar surface area (TPSA) is 49.6 Å². The molecule has 1 heterocycles. The van der Waals surface area contributed by atoms with E-state index < -0.39 is 0 Å². The molecule has 5 rings (SSSR count). The molecule has 7 heteroatoms. The predicted molar refractivity (Wildman–Crippen MR) is 155 cm³/mol. The van der Waals surface area contributed by atoms with Gasteiger partial charge in [0.1, 0.15) is 0 Å². The Morgan fingerprint density at radius 2 is 1.69 bits per heavy atom. The highest BCUT2D eigenvalue weighted by Gasteiger charge is 2.35. The molecular weight excluding hydrogens is 513 g/mol. The summed E-state index contributed by atoms with van der Waals surface area (Å²) in [6.07, 6.45) is 2.94. The first-order valence-corrected chi connectivity index (χ1v) is 13.2. The Kier molecular flexibility index (Phi) is 8.09. The van der Waals surface area contributed by atoms with Crippen molar-refractivity contribution in [2.24, 2.45) is 5.73 Å². The molecule has 1 amide bonds. The Morgan fingerprint density at radius 3 is 2.39 bits per heavy atom. The van der Waals surface area contributed by atoms with Gasteiger partial charge in [0.05, 0.1) is 27.0 Å². The van der Waals surface area contributed by atoms with Gasteiger partial charge in [-0.25, -0.2) is 0 Å². The van der Waals surface area contributed by atoms with Crippen LogP contribution in [0.25, 0.3) is 11.1 Å². The number of amides is 1. The van der Waals surface area contributed by atoms with E-state index in [2.05, 4.69) is 54.0 Å². The maximum Gasteiger partial charge on any atom is 0.251 e. The van der Waals surface area contributed by atoms with Crippen LogP contribution in [0.15, 0.2) is 48.5 Å². The largest absolute Gasteiger partial charge is 0.367 e. The third kappa shape index (κ3) is 4.55. The number of anilines is 2. The second kappa shape index (κ2) is 10.9. The molecule has 0 radical (unpaired) electrons. The van der Waals surface area contributed by atoms with Crippen LogP contribution in [-0.2, 0) is 6.42 Å². The van der Waals surface area contributed by atoms with Crippen LogP contribution in [0.2, 0.25) is 10.0 Å². The molecule has 1 atom stereocenters. The van der Waals surface area contributed by atoms with Crippen molar-refractivity contribution in [3.05, 3.63) is 80.8 Å². The minimum Gasteiger partial charge on any atom is -0.367 e. The number of hydrogen-bond donors (Lipinski definition) is 1. The van der Waals surface area contributed by atoms with Gasteiger partial charge in [-0.2, -0.15) is 0 Å². The fourth-order valence-electron chi connectivity index (χ4n) is 5.75. The molecule has 1 aliphatic heterocycles. The Bertz CT molecular complexity index is 1280. The summed E-state index contributed by atoms with van der Waals surface area (Å²) in [6.45, 7) is 7.54. The zero-order chi connectivity index (χ0) is 24.7. The monoisotopic (exact) mass is 543 g/mol. The van der Waals surface area contributed by atoms with Gasteiger partial charge in [-0.15, -0.1) is 12.4 Å². The van der Waals surface area contributed by atoms with Crippen molar-refractivity contribution >= 4 is 52.9 Å². The van der Waals surface area contributed by atoms with Crippen LogP contribution in [0, 0.1) is 0 Å². The zero-order valence-corrected chi connectivity index (χ0v) is 23.0. The zero-order valence-electron chi connectivity index (χ0n) is 20.7. The molecule has 36 heavy (non-hydrogen) atoms. The molecule has 3 aromatic rings. The molecule has 0 spiro atoms. The summed E-state index contributed by atoms with van der Waals surface area (Å²) in [5.74, 6) is -0.132. The van der Waals surface area contributed by atoms with Crippen molar-refractivity contribution in [3.8, 4) is 11.1 Å². The molecule has 1 saturated heterocycles. The lowest BCUT2D eigenvalue weighted by atomic mass is 9.89. The number of aryl methyl sites for hydroxylation is 1. The number of nitrogens with zero attached hydrogens (tertiary/aromatic N) is 2. The lowest BCUT2D eigenvalue weighted by Crippen LogP contribution is -2.47. The number of hydrogen-bond acceptors (Lipinski definition) is 3. The van der Waals surface area contributed by atoms with E-state index in [1.165, 1.54) is 22.3 Å². The summed E-state index contributed by atoms with van der Waals surface area (Å²) in [4.78, 5) is 17.6.